The van der Waals surface area contributed by atoms with Crippen LogP contribution in [0.5, 0.6) is 0 Å². The van der Waals surface area contributed by atoms with Gasteiger partial charge in [-0.25, -0.2) is 4.98 Å². The highest BCUT2D eigenvalue weighted by molar-refractivity contribution is 7.13. The summed E-state index contributed by atoms with van der Waals surface area (Å²) in [5.74, 6) is -0.0572. The molecule has 1 saturated heterocycles. The average Bonchev–Trinajstić information content (AvgIpc) is 2.87. The fraction of sp³-hybridized carbons (Fsp3) is 0.692. The van der Waals surface area contributed by atoms with Gasteiger partial charge in [-0.05, 0) is 7.05 Å². The summed E-state index contributed by atoms with van der Waals surface area (Å²) >= 11 is 1.48. The van der Waals surface area contributed by atoms with Crippen molar-refractivity contribution in [2.45, 2.75) is 13.5 Å². The van der Waals surface area contributed by atoms with Gasteiger partial charge in [-0.2, -0.15) is 0 Å². The van der Waals surface area contributed by atoms with Gasteiger partial charge in [0.15, 0.2) is 5.13 Å². The Bertz CT molecular complexity index is 432. The fourth-order valence-electron chi connectivity index (χ4n) is 2.05. The van der Waals surface area contributed by atoms with E-state index in [0.717, 1.165) is 38.5 Å². The van der Waals surface area contributed by atoms with Gasteiger partial charge in [0.1, 0.15) is 0 Å². The van der Waals surface area contributed by atoms with Gasteiger partial charge in [0.25, 0.3) is 0 Å². The summed E-state index contributed by atoms with van der Waals surface area (Å²) in [6, 6.07) is 0. The van der Waals surface area contributed by atoms with Crippen LogP contribution in [-0.2, 0) is 16.1 Å². The molecule has 0 saturated carbocycles. The number of morpholine rings is 1. The summed E-state index contributed by atoms with van der Waals surface area (Å²) in [4.78, 5) is 18.7. The van der Waals surface area contributed by atoms with E-state index in [-0.39, 0.29) is 11.8 Å². The Kier molecular flexibility index (Phi) is 5.90. The zero-order valence-electron chi connectivity index (χ0n) is 12.0. The van der Waals surface area contributed by atoms with E-state index in [0.29, 0.717) is 11.7 Å². The topological polar surface area (TPSA) is 66.5 Å². The number of thiazole rings is 1. The molecular formula is C13H22N4O2S. The number of nitrogens with zero attached hydrogens (tertiary/aromatic N) is 2. The monoisotopic (exact) mass is 298 g/mol. The van der Waals surface area contributed by atoms with Crippen LogP contribution in [0.15, 0.2) is 5.38 Å². The maximum atomic E-state index is 11.9. The molecule has 0 spiro atoms. The molecule has 112 valence electrons. The maximum Gasteiger partial charge on any atom is 0.230 e. The molecule has 1 aromatic rings. The highest BCUT2D eigenvalue weighted by Gasteiger charge is 2.15. The van der Waals surface area contributed by atoms with E-state index in [4.69, 9.17) is 4.74 Å². The number of nitrogens with one attached hydrogen (secondary N) is 2. The largest absolute Gasteiger partial charge is 0.379 e. The molecule has 6 nitrogen and oxygen atoms in total. The lowest BCUT2D eigenvalue weighted by atomic mass is 10.2. The molecule has 1 unspecified atom stereocenters. The van der Waals surface area contributed by atoms with Crippen molar-refractivity contribution in [2.75, 3.05) is 45.2 Å². The number of hydrogen-bond acceptors (Lipinski definition) is 6. The van der Waals surface area contributed by atoms with Crippen molar-refractivity contribution < 1.29 is 9.53 Å². The van der Waals surface area contributed by atoms with Gasteiger partial charge >= 0.3 is 0 Å². The Morgan fingerprint density at radius 3 is 3.00 bits per heavy atom. The van der Waals surface area contributed by atoms with Crippen molar-refractivity contribution in [2.24, 2.45) is 5.92 Å². The summed E-state index contributed by atoms with van der Waals surface area (Å²) in [5, 5.41) is 8.56. The number of amides is 1. The highest BCUT2D eigenvalue weighted by Crippen LogP contribution is 2.18. The van der Waals surface area contributed by atoms with Crippen molar-refractivity contribution >= 4 is 22.4 Å². The molecule has 1 atom stereocenters. The second-order valence-electron chi connectivity index (χ2n) is 4.98. The Morgan fingerprint density at radius 2 is 2.30 bits per heavy atom. The van der Waals surface area contributed by atoms with Crippen molar-refractivity contribution in [3.8, 4) is 0 Å². The molecule has 1 aliphatic heterocycles. The van der Waals surface area contributed by atoms with Crippen LogP contribution in [0.25, 0.3) is 0 Å². The average molecular weight is 298 g/mol. The molecule has 7 heteroatoms. The molecule has 0 radical (unpaired) electrons. The number of hydrogen-bond donors (Lipinski definition) is 2. The molecule has 0 aromatic carbocycles. The predicted molar refractivity (Wildman–Crippen MR) is 79.9 cm³/mol. The maximum absolute atomic E-state index is 11.9. The zero-order chi connectivity index (χ0) is 14.4. The molecular weight excluding hydrogens is 276 g/mol. The summed E-state index contributed by atoms with van der Waals surface area (Å²) in [7, 11) is 1.84. The molecule has 2 heterocycles. The molecule has 1 amide bonds. The van der Waals surface area contributed by atoms with Crippen LogP contribution in [0.4, 0.5) is 5.13 Å². The van der Waals surface area contributed by atoms with Gasteiger partial charge in [-0.1, -0.05) is 6.92 Å². The van der Waals surface area contributed by atoms with Crippen molar-refractivity contribution in [1.29, 1.82) is 0 Å². The second kappa shape index (κ2) is 7.68. The second-order valence-corrected chi connectivity index (χ2v) is 5.84. The van der Waals surface area contributed by atoms with E-state index in [1.54, 1.807) is 0 Å². The standard InChI is InChI=1S/C13H22N4O2S/c1-10(7-14-2)12(18)16-13-15-11(9-20-13)8-17-3-5-19-6-4-17/h9-10,14H,3-8H2,1-2H3,(H,15,16,18). The van der Waals surface area contributed by atoms with Gasteiger partial charge in [-0.15, -0.1) is 11.3 Å². The molecule has 1 aromatic heterocycles. The van der Waals surface area contributed by atoms with Crippen LogP contribution >= 0.6 is 11.3 Å². The third-order valence-electron chi connectivity index (χ3n) is 3.23. The minimum atomic E-state index is -0.0633. The first-order valence-corrected chi connectivity index (χ1v) is 7.77. The Hall–Kier alpha value is -1.02. The normalized spacial score (nSPS) is 17.9. The Labute approximate surface area is 123 Å². The van der Waals surface area contributed by atoms with Gasteiger partial charge in [0.05, 0.1) is 18.9 Å². The summed E-state index contributed by atoms with van der Waals surface area (Å²) < 4.78 is 5.32. The lowest BCUT2D eigenvalue weighted by molar-refractivity contribution is -0.119. The van der Waals surface area contributed by atoms with Crippen LogP contribution in [0, 0.1) is 5.92 Å². The van der Waals surface area contributed by atoms with Gasteiger partial charge < -0.3 is 15.4 Å². The number of carbonyl (C=O) groups excluding carboxylic acids is 1. The summed E-state index contributed by atoms with van der Waals surface area (Å²) in [5.41, 5.74) is 1.01. The number of carbonyl (C=O) groups is 1. The highest BCUT2D eigenvalue weighted by atomic mass is 32.1. The molecule has 20 heavy (non-hydrogen) atoms. The van der Waals surface area contributed by atoms with Crippen LogP contribution in [0.1, 0.15) is 12.6 Å². The zero-order valence-corrected chi connectivity index (χ0v) is 12.8. The first-order valence-electron chi connectivity index (χ1n) is 6.89. The lowest BCUT2D eigenvalue weighted by Gasteiger charge is -2.25. The van der Waals surface area contributed by atoms with E-state index in [9.17, 15) is 4.79 Å². The minimum Gasteiger partial charge on any atom is -0.379 e. The van der Waals surface area contributed by atoms with Crippen LogP contribution < -0.4 is 10.6 Å². The van der Waals surface area contributed by atoms with Crippen LogP contribution in [-0.4, -0.2) is 55.7 Å². The smallest absolute Gasteiger partial charge is 0.230 e. The van der Waals surface area contributed by atoms with E-state index in [1.807, 2.05) is 19.4 Å². The van der Waals surface area contributed by atoms with Gasteiger partial charge in [0, 0.05) is 37.5 Å². The number of ether oxygens (including phenoxy) is 1. The molecule has 0 aliphatic carbocycles. The number of aromatic nitrogens is 1. The van der Waals surface area contributed by atoms with E-state index in [1.165, 1.54) is 11.3 Å². The first kappa shape index (κ1) is 15.4. The van der Waals surface area contributed by atoms with Crippen molar-refractivity contribution in [3.05, 3.63) is 11.1 Å². The van der Waals surface area contributed by atoms with Gasteiger partial charge in [-0.3, -0.25) is 9.69 Å². The summed E-state index contributed by atoms with van der Waals surface area (Å²) in [6.07, 6.45) is 0. The lowest BCUT2D eigenvalue weighted by Crippen LogP contribution is -2.35. The van der Waals surface area contributed by atoms with Crippen molar-refractivity contribution in [3.63, 3.8) is 0 Å². The SMILES string of the molecule is CNCC(C)C(=O)Nc1nc(CN2CCOCC2)cs1. The Morgan fingerprint density at radius 1 is 1.55 bits per heavy atom. The van der Waals surface area contributed by atoms with Crippen LogP contribution in [0.2, 0.25) is 0 Å². The third kappa shape index (κ3) is 4.52. The molecule has 1 aliphatic rings. The number of rotatable bonds is 6. The fourth-order valence-corrected chi connectivity index (χ4v) is 2.76. The quantitative estimate of drug-likeness (QED) is 0.812. The van der Waals surface area contributed by atoms with E-state index in [2.05, 4.69) is 20.5 Å². The Balaban J connectivity index is 1.83. The van der Waals surface area contributed by atoms with E-state index >= 15 is 0 Å². The predicted octanol–water partition coefficient (Wildman–Crippen LogP) is 0.769. The molecule has 2 rings (SSSR count). The molecule has 1 fully saturated rings. The van der Waals surface area contributed by atoms with Gasteiger partial charge in [0.2, 0.25) is 5.91 Å². The third-order valence-corrected chi connectivity index (χ3v) is 4.04. The molecule has 0 bridgehead atoms. The first-order chi connectivity index (χ1) is 9.69. The van der Waals surface area contributed by atoms with Crippen LogP contribution in [0.3, 0.4) is 0 Å². The minimum absolute atomic E-state index is 0.00613. The van der Waals surface area contributed by atoms with E-state index < -0.39 is 0 Å². The van der Waals surface area contributed by atoms with Crippen molar-refractivity contribution in [1.82, 2.24) is 15.2 Å². The molecule has 2 N–H and O–H groups in total. The number of anilines is 1. The summed E-state index contributed by atoms with van der Waals surface area (Å²) in [6.45, 7) is 6.84.